The molecule has 0 saturated heterocycles. The van der Waals surface area contributed by atoms with Gasteiger partial charge in [-0.2, -0.15) is 0 Å². The van der Waals surface area contributed by atoms with Crippen LogP contribution in [0, 0.1) is 0 Å². The molecule has 0 radical (unpaired) electrons. The van der Waals surface area contributed by atoms with E-state index in [9.17, 15) is 19.7 Å². The number of rotatable bonds is 4. The lowest BCUT2D eigenvalue weighted by Gasteiger charge is -2.35. The predicted molar refractivity (Wildman–Crippen MR) is 95.3 cm³/mol. The summed E-state index contributed by atoms with van der Waals surface area (Å²) in [6.45, 7) is 1.88. The molecule has 2 aromatic rings. The standard InChI is InChI=1S/C18H19BN2O4/c1-19(25)21-11-14-9-15(8-7-13(14)10-16(21)18(23)24)20-17(22)12-5-3-2-4-6-12/h2-9,16,25H,10-11H2,1H3,(H,20,22)(H,23,24). The summed E-state index contributed by atoms with van der Waals surface area (Å²) in [5, 5.41) is 22.1. The van der Waals surface area contributed by atoms with Gasteiger partial charge in [-0.3, -0.25) is 9.59 Å². The summed E-state index contributed by atoms with van der Waals surface area (Å²) in [6.07, 6.45) is 0.322. The van der Waals surface area contributed by atoms with Gasteiger partial charge in [-0.25, -0.2) is 0 Å². The Hall–Kier alpha value is -2.64. The Kier molecular flexibility index (Phi) is 4.87. The van der Waals surface area contributed by atoms with Crippen LogP contribution in [0.4, 0.5) is 5.69 Å². The summed E-state index contributed by atoms with van der Waals surface area (Å²) in [5.41, 5.74) is 3.04. The first-order chi connectivity index (χ1) is 12.0. The number of carboxylic acid groups (broad SMARTS) is 1. The van der Waals surface area contributed by atoms with Crippen LogP contribution in [0.25, 0.3) is 0 Å². The highest BCUT2D eigenvalue weighted by molar-refractivity contribution is 6.45. The number of amides is 1. The van der Waals surface area contributed by atoms with E-state index < -0.39 is 19.1 Å². The zero-order valence-electron chi connectivity index (χ0n) is 13.8. The van der Waals surface area contributed by atoms with Crippen LogP contribution in [0.5, 0.6) is 0 Å². The monoisotopic (exact) mass is 338 g/mol. The lowest BCUT2D eigenvalue weighted by Crippen LogP contribution is -2.51. The highest BCUT2D eigenvalue weighted by Gasteiger charge is 2.35. The highest BCUT2D eigenvalue weighted by atomic mass is 16.4. The summed E-state index contributed by atoms with van der Waals surface area (Å²) in [4.78, 5) is 25.2. The maximum absolute atomic E-state index is 12.3. The average molecular weight is 338 g/mol. The van der Waals surface area contributed by atoms with E-state index in [1.807, 2.05) is 18.2 Å². The van der Waals surface area contributed by atoms with Crippen molar-refractivity contribution >= 4 is 24.6 Å². The van der Waals surface area contributed by atoms with Crippen LogP contribution in [0.3, 0.4) is 0 Å². The second-order valence-electron chi connectivity index (χ2n) is 6.17. The first-order valence-corrected chi connectivity index (χ1v) is 8.10. The summed E-state index contributed by atoms with van der Waals surface area (Å²) in [5.74, 6) is -1.15. The number of carbonyl (C=O) groups excluding carboxylic acids is 1. The zero-order chi connectivity index (χ0) is 18.0. The van der Waals surface area contributed by atoms with Gasteiger partial charge in [0.25, 0.3) is 5.91 Å². The summed E-state index contributed by atoms with van der Waals surface area (Å²) >= 11 is 0. The van der Waals surface area contributed by atoms with Crippen molar-refractivity contribution in [2.24, 2.45) is 0 Å². The van der Waals surface area contributed by atoms with E-state index in [1.54, 1.807) is 37.2 Å². The number of hydrogen-bond donors (Lipinski definition) is 3. The molecular weight excluding hydrogens is 319 g/mol. The molecule has 0 saturated carbocycles. The molecule has 6 nitrogen and oxygen atoms in total. The molecule has 1 atom stereocenters. The molecule has 1 unspecified atom stereocenters. The fraction of sp³-hybridized carbons (Fsp3) is 0.222. The first-order valence-electron chi connectivity index (χ1n) is 8.10. The third-order valence-electron chi connectivity index (χ3n) is 4.43. The second kappa shape index (κ2) is 7.08. The average Bonchev–Trinajstić information content (AvgIpc) is 2.61. The molecule has 3 rings (SSSR count). The van der Waals surface area contributed by atoms with Crippen molar-refractivity contribution in [3.63, 3.8) is 0 Å². The van der Waals surface area contributed by atoms with Crippen molar-refractivity contribution in [3.8, 4) is 0 Å². The molecule has 0 aliphatic carbocycles. The van der Waals surface area contributed by atoms with Crippen LogP contribution in [-0.2, 0) is 17.8 Å². The first kappa shape index (κ1) is 17.2. The Bertz CT molecular complexity index is 795. The number of nitrogens with zero attached hydrogens (tertiary/aromatic N) is 1. The van der Waals surface area contributed by atoms with Gasteiger partial charge in [-0.1, -0.05) is 24.3 Å². The van der Waals surface area contributed by atoms with Gasteiger partial charge in [-0.15, -0.1) is 0 Å². The largest absolute Gasteiger partial charge is 0.480 e. The number of hydrogen-bond acceptors (Lipinski definition) is 4. The van der Waals surface area contributed by atoms with Crippen LogP contribution >= 0.6 is 0 Å². The molecule has 25 heavy (non-hydrogen) atoms. The fourth-order valence-corrected chi connectivity index (χ4v) is 3.10. The van der Waals surface area contributed by atoms with E-state index in [4.69, 9.17) is 0 Å². The molecule has 1 aliphatic rings. The van der Waals surface area contributed by atoms with Gasteiger partial charge in [0.1, 0.15) is 6.04 Å². The number of fused-ring (bicyclic) bond motifs is 1. The molecule has 0 fully saturated rings. The van der Waals surface area contributed by atoms with E-state index in [0.717, 1.165) is 11.1 Å². The predicted octanol–water partition coefficient (Wildman–Crippen LogP) is 1.86. The molecule has 3 N–H and O–H groups in total. The van der Waals surface area contributed by atoms with Crippen LogP contribution in [-0.4, -0.2) is 39.9 Å². The summed E-state index contributed by atoms with van der Waals surface area (Å²) in [7, 11) is -0.864. The molecule has 1 amide bonds. The lowest BCUT2D eigenvalue weighted by atomic mass is 9.78. The highest BCUT2D eigenvalue weighted by Crippen LogP contribution is 2.27. The van der Waals surface area contributed by atoms with Crippen LogP contribution in [0.2, 0.25) is 6.82 Å². The summed E-state index contributed by atoms with van der Waals surface area (Å²) < 4.78 is 0. The van der Waals surface area contributed by atoms with Crippen LogP contribution in [0.1, 0.15) is 21.5 Å². The molecule has 2 aromatic carbocycles. The smallest absolute Gasteiger partial charge is 0.377 e. The van der Waals surface area contributed by atoms with E-state index >= 15 is 0 Å². The van der Waals surface area contributed by atoms with Crippen LogP contribution < -0.4 is 5.32 Å². The van der Waals surface area contributed by atoms with Gasteiger partial charge >= 0.3 is 13.0 Å². The normalized spacial score (nSPS) is 16.8. The van der Waals surface area contributed by atoms with E-state index in [0.29, 0.717) is 24.2 Å². The number of nitrogens with one attached hydrogen (secondary N) is 1. The molecular formula is C18H19BN2O4. The minimum Gasteiger partial charge on any atom is -0.480 e. The van der Waals surface area contributed by atoms with Gasteiger partial charge in [0.15, 0.2) is 0 Å². The Morgan fingerprint density at radius 3 is 2.52 bits per heavy atom. The number of benzene rings is 2. The third-order valence-corrected chi connectivity index (χ3v) is 4.43. The molecule has 7 heteroatoms. The number of carbonyl (C=O) groups is 2. The summed E-state index contributed by atoms with van der Waals surface area (Å²) in [6, 6.07) is 13.6. The van der Waals surface area contributed by atoms with Crippen LogP contribution in [0.15, 0.2) is 48.5 Å². The van der Waals surface area contributed by atoms with Crippen molar-refractivity contribution < 1.29 is 19.7 Å². The van der Waals surface area contributed by atoms with E-state index in [-0.39, 0.29) is 5.91 Å². The molecule has 1 aliphatic heterocycles. The van der Waals surface area contributed by atoms with Gasteiger partial charge in [0.05, 0.1) is 0 Å². The molecule has 0 bridgehead atoms. The third kappa shape index (κ3) is 3.73. The zero-order valence-corrected chi connectivity index (χ0v) is 13.8. The molecule has 128 valence electrons. The Balaban J connectivity index is 1.82. The quantitative estimate of drug-likeness (QED) is 0.741. The SMILES string of the molecule is CB(O)N1Cc2cc(NC(=O)c3ccccc3)ccc2CC1C(=O)O. The minimum absolute atomic E-state index is 0.202. The maximum atomic E-state index is 12.3. The Morgan fingerprint density at radius 1 is 1.16 bits per heavy atom. The van der Waals surface area contributed by atoms with E-state index in [2.05, 4.69) is 5.32 Å². The van der Waals surface area contributed by atoms with Gasteiger partial charge in [-0.05, 0) is 48.6 Å². The lowest BCUT2D eigenvalue weighted by molar-refractivity contribution is -0.142. The molecule has 0 spiro atoms. The number of aliphatic carboxylic acids is 1. The maximum Gasteiger partial charge on any atom is 0.377 e. The number of anilines is 1. The minimum atomic E-state index is -0.951. The number of carboxylic acids is 1. The molecule has 0 aromatic heterocycles. The Labute approximate surface area is 146 Å². The Morgan fingerprint density at radius 2 is 1.88 bits per heavy atom. The van der Waals surface area contributed by atoms with Crippen molar-refractivity contribution in [3.05, 3.63) is 65.2 Å². The van der Waals surface area contributed by atoms with Crippen molar-refractivity contribution in [1.82, 2.24) is 4.81 Å². The van der Waals surface area contributed by atoms with Crippen molar-refractivity contribution in [2.75, 3.05) is 5.32 Å². The van der Waals surface area contributed by atoms with Gasteiger partial charge in [0.2, 0.25) is 0 Å². The van der Waals surface area contributed by atoms with Crippen molar-refractivity contribution in [2.45, 2.75) is 25.8 Å². The second-order valence-corrected chi connectivity index (χ2v) is 6.17. The van der Waals surface area contributed by atoms with Crippen molar-refractivity contribution in [1.29, 1.82) is 0 Å². The van der Waals surface area contributed by atoms with Gasteiger partial charge in [0, 0.05) is 17.8 Å². The molecule has 1 heterocycles. The fourth-order valence-electron chi connectivity index (χ4n) is 3.10. The van der Waals surface area contributed by atoms with Gasteiger partial charge < -0.3 is 20.3 Å². The topological polar surface area (TPSA) is 89.9 Å². The van der Waals surface area contributed by atoms with E-state index in [1.165, 1.54) is 4.81 Å².